The van der Waals surface area contributed by atoms with Gasteiger partial charge < -0.3 is 34.6 Å². The van der Waals surface area contributed by atoms with E-state index in [0.29, 0.717) is 72.6 Å². The molecule has 296 valence electrons. The number of methoxy groups -OCH3 is 1. The van der Waals surface area contributed by atoms with Crippen LogP contribution in [0.4, 0.5) is 0 Å². The molecule has 1 aliphatic rings. The van der Waals surface area contributed by atoms with Crippen molar-refractivity contribution < 1.29 is 29.0 Å². The highest BCUT2D eigenvalue weighted by Gasteiger charge is 2.42. The van der Waals surface area contributed by atoms with Crippen LogP contribution in [0.25, 0.3) is 10.9 Å². The van der Waals surface area contributed by atoms with Crippen molar-refractivity contribution >= 4 is 42.7 Å². The van der Waals surface area contributed by atoms with E-state index in [-0.39, 0.29) is 22.3 Å². The van der Waals surface area contributed by atoms with Gasteiger partial charge in [0.15, 0.2) is 8.32 Å². The van der Waals surface area contributed by atoms with Gasteiger partial charge in [0, 0.05) is 43.7 Å². The van der Waals surface area contributed by atoms with Crippen molar-refractivity contribution in [3.05, 3.63) is 104 Å². The molecule has 0 aliphatic heterocycles. The average Bonchev–Trinajstić information content (AvgIpc) is 3.14. The Balaban J connectivity index is 1.27. The van der Waals surface area contributed by atoms with Crippen molar-refractivity contribution in [1.82, 2.24) is 15.2 Å². The van der Waals surface area contributed by atoms with Crippen LogP contribution in [0.3, 0.4) is 0 Å². The number of nitrogens with one attached hydrogen (secondary N) is 2. The standard InChI is InChI=1S/C43H56ClN3O7Si/c1-42(2,3)55(6,7)54-37(31-16-18-35(48)39-32(31)17-19-38(49)46-39)27-45-26-29-24-34(44)33(25-36(29)53-5)40(50)47(4)22-12-14-28-13-11-15-30(23-28)43(41(51)52)20-9-8-10-21-43/h11,13,15-19,23-25,37,45,48H,8-10,12,14,20-22,26-27H2,1-7H3,(H,46,49)(H,51,52)/t37-/m1/s1. The van der Waals surface area contributed by atoms with Crippen molar-refractivity contribution in [2.75, 3.05) is 27.2 Å². The molecule has 4 N–H and O–H groups in total. The summed E-state index contributed by atoms with van der Waals surface area (Å²) < 4.78 is 12.7. The summed E-state index contributed by atoms with van der Waals surface area (Å²) in [6, 6.07) is 18.0. The number of hydrogen-bond acceptors (Lipinski definition) is 7. The number of phenols is 1. The minimum atomic E-state index is -2.28. The maximum absolute atomic E-state index is 13.6. The lowest BCUT2D eigenvalue weighted by Gasteiger charge is -2.39. The van der Waals surface area contributed by atoms with E-state index < -0.39 is 25.8 Å². The number of pyridine rings is 1. The molecule has 1 saturated carbocycles. The van der Waals surface area contributed by atoms with Gasteiger partial charge in [0.2, 0.25) is 5.56 Å². The molecular weight excluding hydrogens is 734 g/mol. The van der Waals surface area contributed by atoms with Crippen LogP contribution in [0, 0.1) is 0 Å². The Morgan fingerprint density at radius 2 is 1.78 bits per heavy atom. The van der Waals surface area contributed by atoms with Crippen LogP contribution in [-0.2, 0) is 27.6 Å². The molecule has 12 heteroatoms. The van der Waals surface area contributed by atoms with Gasteiger partial charge in [0.05, 0.1) is 34.7 Å². The Morgan fingerprint density at radius 3 is 2.45 bits per heavy atom. The molecule has 3 aromatic carbocycles. The van der Waals surface area contributed by atoms with E-state index in [2.05, 4.69) is 44.2 Å². The number of halogens is 1. The van der Waals surface area contributed by atoms with Gasteiger partial charge in [-0.25, -0.2) is 0 Å². The van der Waals surface area contributed by atoms with Crippen molar-refractivity contribution in [2.24, 2.45) is 0 Å². The van der Waals surface area contributed by atoms with Crippen LogP contribution >= 0.6 is 11.6 Å². The summed E-state index contributed by atoms with van der Waals surface area (Å²) in [6.07, 6.45) is 5.25. The molecule has 1 aliphatic carbocycles. The number of carboxylic acids is 1. The number of aromatic hydroxyl groups is 1. The summed E-state index contributed by atoms with van der Waals surface area (Å²) in [5.74, 6) is -0.449. The van der Waals surface area contributed by atoms with Crippen LogP contribution < -0.4 is 15.6 Å². The number of benzene rings is 3. The lowest BCUT2D eigenvalue weighted by atomic mass is 9.69. The van der Waals surface area contributed by atoms with Gasteiger partial charge in [-0.2, -0.15) is 0 Å². The zero-order valence-corrected chi connectivity index (χ0v) is 34.9. The van der Waals surface area contributed by atoms with Crippen molar-refractivity contribution in [3.8, 4) is 11.5 Å². The van der Waals surface area contributed by atoms with Crippen LogP contribution in [0.1, 0.15) is 98.0 Å². The maximum Gasteiger partial charge on any atom is 0.314 e. The lowest BCUT2D eigenvalue weighted by Crippen LogP contribution is -2.43. The number of aromatic nitrogens is 1. The Kier molecular flexibility index (Phi) is 13.2. The van der Waals surface area contributed by atoms with E-state index in [1.165, 1.54) is 6.07 Å². The van der Waals surface area contributed by atoms with E-state index in [9.17, 15) is 24.6 Å². The predicted molar refractivity (Wildman–Crippen MR) is 221 cm³/mol. The number of carboxylic acid groups (broad SMARTS) is 1. The number of aromatic amines is 1. The molecule has 1 atom stereocenters. The number of aryl methyl sites for hydroxylation is 1. The topological polar surface area (TPSA) is 141 Å². The summed E-state index contributed by atoms with van der Waals surface area (Å²) in [4.78, 5) is 42.5. The predicted octanol–water partition coefficient (Wildman–Crippen LogP) is 8.74. The number of H-pyrrole nitrogens is 1. The lowest BCUT2D eigenvalue weighted by molar-refractivity contribution is -0.145. The molecule has 5 rings (SSSR count). The summed E-state index contributed by atoms with van der Waals surface area (Å²) in [5, 5.41) is 25.2. The monoisotopic (exact) mass is 789 g/mol. The van der Waals surface area contributed by atoms with Gasteiger partial charge in [-0.05, 0) is 84.8 Å². The number of carbonyl (C=O) groups is 2. The summed E-state index contributed by atoms with van der Waals surface area (Å²) in [5.41, 5.74) is 3.15. The number of ether oxygens (including phenoxy) is 1. The Bertz CT molecular complexity index is 2070. The molecule has 0 radical (unpaired) electrons. The molecule has 0 unspecified atom stereocenters. The molecule has 1 aromatic heterocycles. The highest BCUT2D eigenvalue weighted by Crippen LogP contribution is 2.42. The highest BCUT2D eigenvalue weighted by atomic mass is 35.5. The molecule has 0 spiro atoms. The summed E-state index contributed by atoms with van der Waals surface area (Å²) >= 11 is 6.77. The van der Waals surface area contributed by atoms with Gasteiger partial charge in [-0.1, -0.05) is 82.0 Å². The summed E-state index contributed by atoms with van der Waals surface area (Å²) in [6.45, 7) is 12.2. The fraction of sp³-hybridized carbons (Fsp3) is 0.465. The number of phenolic OH excluding ortho intramolecular Hbond substituents is 1. The largest absolute Gasteiger partial charge is 0.506 e. The van der Waals surface area contributed by atoms with E-state index in [4.69, 9.17) is 20.8 Å². The van der Waals surface area contributed by atoms with Crippen molar-refractivity contribution in [1.29, 1.82) is 0 Å². The third-order valence-electron chi connectivity index (χ3n) is 11.6. The molecular formula is C43H56ClN3O7Si. The molecule has 1 amide bonds. The molecule has 0 saturated heterocycles. The van der Waals surface area contributed by atoms with Crippen LogP contribution in [-0.4, -0.2) is 67.5 Å². The van der Waals surface area contributed by atoms with Crippen molar-refractivity contribution in [3.63, 3.8) is 0 Å². The Morgan fingerprint density at radius 1 is 1.05 bits per heavy atom. The maximum atomic E-state index is 13.6. The van der Waals surface area contributed by atoms with E-state index in [1.807, 2.05) is 30.3 Å². The number of hydrogen-bond donors (Lipinski definition) is 4. The zero-order valence-electron chi connectivity index (χ0n) is 33.2. The smallest absolute Gasteiger partial charge is 0.314 e. The van der Waals surface area contributed by atoms with Crippen LogP contribution in [0.5, 0.6) is 11.5 Å². The first-order chi connectivity index (χ1) is 26.0. The van der Waals surface area contributed by atoms with E-state index in [1.54, 1.807) is 43.3 Å². The first-order valence-electron chi connectivity index (χ1n) is 19.2. The van der Waals surface area contributed by atoms with Gasteiger partial charge in [0.1, 0.15) is 11.5 Å². The van der Waals surface area contributed by atoms with E-state index >= 15 is 0 Å². The van der Waals surface area contributed by atoms with Gasteiger partial charge >= 0.3 is 5.97 Å². The molecule has 4 aromatic rings. The third kappa shape index (κ3) is 9.45. The molecule has 1 fully saturated rings. The zero-order chi connectivity index (χ0) is 40.1. The van der Waals surface area contributed by atoms with Crippen LogP contribution in [0.2, 0.25) is 23.2 Å². The van der Waals surface area contributed by atoms with Crippen LogP contribution in [0.15, 0.2) is 65.5 Å². The fourth-order valence-electron chi connectivity index (χ4n) is 7.35. The highest BCUT2D eigenvalue weighted by molar-refractivity contribution is 6.74. The number of carbonyl (C=O) groups excluding carboxylic acids is 1. The number of nitrogens with zero attached hydrogens (tertiary/aromatic N) is 1. The molecule has 0 bridgehead atoms. The second kappa shape index (κ2) is 17.3. The number of amides is 1. The van der Waals surface area contributed by atoms with Crippen molar-refractivity contribution in [2.45, 2.75) is 102 Å². The van der Waals surface area contributed by atoms with E-state index in [0.717, 1.165) is 41.5 Å². The molecule has 1 heterocycles. The SMILES string of the molecule is COc1cc(C(=O)N(C)CCCc2cccc(C3(C(=O)O)CCCCC3)c2)c(Cl)cc1CNC[C@@H](O[Si](C)(C)C(C)(C)C)c1ccc(O)c2[nH]c(=O)ccc12. The Labute approximate surface area is 330 Å². The molecule has 55 heavy (non-hydrogen) atoms. The number of rotatable bonds is 15. The average molecular weight is 790 g/mol. The summed E-state index contributed by atoms with van der Waals surface area (Å²) in [7, 11) is 1.04. The van der Waals surface area contributed by atoms with Gasteiger partial charge in [0.25, 0.3) is 5.91 Å². The number of fused-ring (bicyclic) bond motifs is 1. The minimum absolute atomic E-state index is 0.00902. The quantitative estimate of drug-likeness (QED) is 0.0877. The number of aliphatic carboxylic acids is 1. The fourth-order valence-corrected chi connectivity index (χ4v) is 8.89. The third-order valence-corrected chi connectivity index (χ3v) is 16.4. The first kappa shape index (κ1) is 42.0. The molecule has 10 nitrogen and oxygen atoms in total. The second-order valence-corrected chi connectivity index (χ2v) is 21.6. The second-order valence-electron chi connectivity index (χ2n) is 16.4. The van der Waals surface area contributed by atoms with Gasteiger partial charge in [-0.3, -0.25) is 14.4 Å². The van der Waals surface area contributed by atoms with Gasteiger partial charge in [-0.15, -0.1) is 0 Å². The normalized spacial score (nSPS) is 15.1. The first-order valence-corrected chi connectivity index (χ1v) is 22.4. The Hall–Kier alpha value is -4.16. The minimum Gasteiger partial charge on any atom is -0.506 e.